The molecule has 0 heterocycles. The van der Waals surface area contributed by atoms with Crippen LogP contribution in [0.15, 0.2) is 36.9 Å². The number of benzene rings is 1. The van der Waals surface area contributed by atoms with Crippen LogP contribution in [-0.2, 0) is 0 Å². The van der Waals surface area contributed by atoms with Crippen LogP contribution in [0.4, 0.5) is 4.39 Å². The summed E-state index contributed by atoms with van der Waals surface area (Å²) < 4.78 is 12.7. The molecule has 0 aromatic heterocycles. The second-order valence-electron chi connectivity index (χ2n) is 2.85. The van der Waals surface area contributed by atoms with Gasteiger partial charge in [-0.05, 0) is 12.1 Å². The molecule has 0 saturated carbocycles. The molecule has 1 aromatic carbocycles. The third-order valence-electron chi connectivity index (χ3n) is 1.72. The van der Waals surface area contributed by atoms with E-state index >= 15 is 0 Å². The molecule has 0 aliphatic rings. The molecule has 0 aliphatic carbocycles. The van der Waals surface area contributed by atoms with Crippen molar-refractivity contribution in [1.82, 2.24) is 5.32 Å². The third-order valence-corrected chi connectivity index (χ3v) is 1.72. The molecule has 74 valence electrons. The van der Waals surface area contributed by atoms with Gasteiger partial charge in [-0.25, -0.2) is 4.39 Å². The number of rotatable bonds is 5. The van der Waals surface area contributed by atoms with Gasteiger partial charge in [0.2, 0.25) is 0 Å². The molecule has 0 saturated heterocycles. The molecule has 0 radical (unpaired) electrons. The van der Waals surface area contributed by atoms with Crippen LogP contribution in [0.5, 0.6) is 0 Å². The van der Waals surface area contributed by atoms with Crippen LogP contribution >= 0.6 is 0 Å². The summed E-state index contributed by atoms with van der Waals surface area (Å²) in [5, 5.41) is 2.86. The summed E-state index contributed by atoms with van der Waals surface area (Å²) in [6.07, 6.45) is 1.67. The van der Waals surface area contributed by atoms with E-state index in [0.29, 0.717) is 12.1 Å². The summed E-state index contributed by atoms with van der Waals surface area (Å²) in [4.78, 5) is 11.4. The van der Waals surface area contributed by atoms with Crippen LogP contribution in [-0.4, -0.2) is 18.9 Å². The third kappa shape index (κ3) is 3.11. The Kier molecular flexibility index (Phi) is 4.01. The average Bonchev–Trinajstić information content (AvgIpc) is 2.18. The number of ketones is 1. The van der Waals surface area contributed by atoms with Crippen LogP contribution in [0.25, 0.3) is 0 Å². The van der Waals surface area contributed by atoms with Gasteiger partial charge in [0.1, 0.15) is 5.82 Å². The lowest BCUT2D eigenvalue weighted by molar-refractivity contribution is 0.0992. The normalized spacial score (nSPS) is 9.79. The van der Waals surface area contributed by atoms with E-state index in [1.54, 1.807) is 12.1 Å². The van der Waals surface area contributed by atoms with Gasteiger partial charge in [-0.3, -0.25) is 4.79 Å². The molecule has 2 nitrogen and oxygen atoms in total. The number of carbonyl (C=O) groups is 1. The second kappa shape index (κ2) is 5.29. The molecule has 0 fully saturated rings. The lowest BCUT2D eigenvalue weighted by atomic mass is 10.1. The smallest absolute Gasteiger partial charge is 0.176 e. The Labute approximate surface area is 82.4 Å². The standard InChI is InChI=1S/C11H12FNO/c1-2-6-13-8-11(14)9-4-3-5-10(12)7-9/h2-5,7,13H,1,6,8H2. The van der Waals surface area contributed by atoms with Crippen molar-refractivity contribution < 1.29 is 9.18 Å². The van der Waals surface area contributed by atoms with E-state index in [-0.39, 0.29) is 18.1 Å². The van der Waals surface area contributed by atoms with Crippen LogP contribution in [0.2, 0.25) is 0 Å². The zero-order chi connectivity index (χ0) is 10.4. The molecule has 0 spiro atoms. The first-order valence-electron chi connectivity index (χ1n) is 4.34. The van der Waals surface area contributed by atoms with E-state index in [9.17, 15) is 9.18 Å². The van der Waals surface area contributed by atoms with Gasteiger partial charge in [-0.1, -0.05) is 18.2 Å². The number of carbonyl (C=O) groups excluding carboxylic acids is 1. The van der Waals surface area contributed by atoms with Gasteiger partial charge in [-0.2, -0.15) is 0 Å². The fourth-order valence-electron chi connectivity index (χ4n) is 1.05. The van der Waals surface area contributed by atoms with E-state index in [1.807, 2.05) is 0 Å². The molecule has 1 N–H and O–H groups in total. The molecule has 0 bridgehead atoms. The molecule has 0 atom stereocenters. The van der Waals surface area contributed by atoms with Gasteiger partial charge >= 0.3 is 0 Å². The highest BCUT2D eigenvalue weighted by Crippen LogP contribution is 2.03. The predicted molar refractivity (Wildman–Crippen MR) is 53.8 cm³/mol. The first kappa shape index (κ1) is 10.6. The molecule has 0 amide bonds. The van der Waals surface area contributed by atoms with Crippen molar-refractivity contribution >= 4 is 5.78 Å². The highest BCUT2D eigenvalue weighted by molar-refractivity contribution is 5.97. The van der Waals surface area contributed by atoms with Gasteiger partial charge in [0.15, 0.2) is 5.78 Å². The zero-order valence-corrected chi connectivity index (χ0v) is 7.79. The minimum absolute atomic E-state index is 0.119. The first-order valence-corrected chi connectivity index (χ1v) is 4.34. The average molecular weight is 193 g/mol. The van der Waals surface area contributed by atoms with Crippen molar-refractivity contribution in [2.24, 2.45) is 0 Å². The number of hydrogen-bond donors (Lipinski definition) is 1. The molecular weight excluding hydrogens is 181 g/mol. The molecule has 1 aromatic rings. The molecule has 3 heteroatoms. The van der Waals surface area contributed by atoms with E-state index in [1.165, 1.54) is 18.2 Å². The van der Waals surface area contributed by atoms with Crippen molar-refractivity contribution in [2.75, 3.05) is 13.1 Å². The van der Waals surface area contributed by atoms with Crippen LogP contribution in [0.1, 0.15) is 10.4 Å². The summed E-state index contributed by atoms with van der Waals surface area (Å²) in [5.74, 6) is -0.508. The number of Topliss-reactive ketones (excluding diaryl/α,β-unsaturated/α-hetero) is 1. The van der Waals surface area contributed by atoms with E-state index in [2.05, 4.69) is 11.9 Å². The van der Waals surface area contributed by atoms with Crippen LogP contribution < -0.4 is 5.32 Å². The Morgan fingerprint density at radius 2 is 2.36 bits per heavy atom. The predicted octanol–water partition coefficient (Wildman–Crippen LogP) is 1.78. The van der Waals surface area contributed by atoms with Gasteiger partial charge in [0.05, 0.1) is 6.54 Å². The van der Waals surface area contributed by atoms with Crippen LogP contribution in [0.3, 0.4) is 0 Å². The van der Waals surface area contributed by atoms with Crippen molar-refractivity contribution in [1.29, 1.82) is 0 Å². The Balaban J connectivity index is 2.56. The Morgan fingerprint density at radius 1 is 1.57 bits per heavy atom. The van der Waals surface area contributed by atoms with Gasteiger partial charge in [-0.15, -0.1) is 6.58 Å². The molecule has 1 rings (SSSR count). The summed E-state index contributed by atoms with van der Waals surface area (Å²) >= 11 is 0. The second-order valence-corrected chi connectivity index (χ2v) is 2.85. The maximum absolute atomic E-state index is 12.7. The maximum Gasteiger partial charge on any atom is 0.176 e. The Morgan fingerprint density at radius 3 is 3.00 bits per heavy atom. The summed E-state index contributed by atoms with van der Waals surface area (Å²) in [7, 11) is 0. The highest BCUT2D eigenvalue weighted by atomic mass is 19.1. The minimum Gasteiger partial charge on any atom is -0.306 e. The Hall–Kier alpha value is -1.48. The van der Waals surface area contributed by atoms with Gasteiger partial charge in [0.25, 0.3) is 0 Å². The minimum atomic E-state index is -0.389. The Bertz CT molecular complexity index is 336. The molecule has 14 heavy (non-hydrogen) atoms. The monoisotopic (exact) mass is 193 g/mol. The van der Waals surface area contributed by atoms with Crippen molar-refractivity contribution in [2.45, 2.75) is 0 Å². The quantitative estimate of drug-likeness (QED) is 0.439. The number of halogens is 1. The topological polar surface area (TPSA) is 29.1 Å². The van der Waals surface area contributed by atoms with Crippen molar-refractivity contribution in [3.8, 4) is 0 Å². The summed E-state index contributed by atoms with van der Waals surface area (Å²) in [6, 6.07) is 5.67. The van der Waals surface area contributed by atoms with E-state index in [0.717, 1.165) is 0 Å². The molecule has 0 unspecified atom stereocenters. The number of nitrogens with one attached hydrogen (secondary N) is 1. The van der Waals surface area contributed by atoms with Crippen molar-refractivity contribution in [3.05, 3.63) is 48.3 Å². The maximum atomic E-state index is 12.7. The summed E-state index contributed by atoms with van der Waals surface area (Å²) in [6.45, 7) is 4.28. The number of hydrogen-bond acceptors (Lipinski definition) is 2. The largest absolute Gasteiger partial charge is 0.306 e. The van der Waals surface area contributed by atoms with Gasteiger partial charge in [0, 0.05) is 12.1 Å². The van der Waals surface area contributed by atoms with E-state index < -0.39 is 0 Å². The lowest BCUT2D eigenvalue weighted by Gasteiger charge is -2.01. The SMILES string of the molecule is C=CCNCC(=O)c1cccc(F)c1. The first-order chi connectivity index (χ1) is 6.74. The van der Waals surface area contributed by atoms with Crippen molar-refractivity contribution in [3.63, 3.8) is 0 Å². The zero-order valence-electron chi connectivity index (χ0n) is 7.79. The molecule has 0 aliphatic heterocycles. The van der Waals surface area contributed by atoms with E-state index in [4.69, 9.17) is 0 Å². The van der Waals surface area contributed by atoms with Crippen LogP contribution in [0, 0.1) is 5.82 Å². The lowest BCUT2D eigenvalue weighted by Crippen LogP contribution is -2.22. The van der Waals surface area contributed by atoms with Gasteiger partial charge < -0.3 is 5.32 Å². The fourth-order valence-corrected chi connectivity index (χ4v) is 1.05. The fraction of sp³-hybridized carbons (Fsp3) is 0.182. The summed E-state index contributed by atoms with van der Waals surface area (Å²) in [5.41, 5.74) is 0.390. The highest BCUT2D eigenvalue weighted by Gasteiger charge is 2.04. The molecular formula is C11H12FNO.